The van der Waals surface area contributed by atoms with Gasteiger partial charge in [-0.25, -0.2) is 0 Å². The third kappa shape index (κ3) is 4.54. The molecule has 4 rings (SSSR count). The first-order chi connectivity index (χ1) is 14.7. The van der Waals surface area contributed by atoms with E-state index in [1.54, 1.807) is 7.11 Å². The van der Waals surface area contributed by atoms with Crippen LogP contribution in [0.25, 0.3) is 0 Å². The third-order valence-corrected chi connectivity index (χ3v) is 6.98. The summed E-state index contributed by atoms with van der Waals surface area (Å²) in [5.74, 6) is 1.91. The maximum Gasteiger partial charge on any atom is 0.233 e. The number of benzene rings is 2. The summed E-state index contributed by atoms with van der Waals surface area (Å²) in [4.78, 5) is 15.8. The molecule has 4 heteroatoms. The van der Waals surface area contributed by atoms with Crippen molar-refractivity contribution in [1.82, 2.24) is 4.90 Å². The van der Waals surface area contributed by atoms with Gasteiger partial charge < -0.3 is 14.4 Å². The minimum absolute atomic E-state index is 0.311. The third-order valence-electron chi connectivity index (χ3n) is 6.98. The van der Waals surface area contributed by atoms with Gasteiger partial charge in [-0.3, -0.25) is 4.79 Å². The van der Waals surface area contributed by atoms with E-state index in [1.165, 1.54) is 12.0 Å². The highest BCUT2D eigenvalue weighted by Gasteiger charge is 2.44. The summed E-state index contributed by atoms with van der Waals surface area (Å²) < 4.78 is 10.9. The van der Waals surface area contributed by atoms with Crippen LogP contribution in [0.15, 0.2) is 54.6 Å². The van der Waals surface area contributed by atoms with Crippen LogP contribution in [-0.4, -0.2) is 44.2 Å². The van der Waals surface area contributed by atoms with E-state index in [4.69, 9.17) is 9.47 Å². The summed E-state index contributed by atoms with van der Waals surface area (Å²) in [6.07, 6.45) is 6.05. The number of rotatable bonds is 6. The molecule has 0 N–H and O–H groups in total. The predicted octanol–water partition coefficient (Wildman–Crippen LogP) is 4.61. The quantitative estimate of drug-likeness (QED) is 0.702. The summed E-state index contributed by atoms with van der Waals surface area (Å²) in [7, 11) is 1.70. The van der Waals surface area contributed by atoms with Gasteiger partial charge in [0.05, 0.1) is 12.5 Å². The Labute approximate surface area is 180 Å². The highest BCUT2D eigenvalue weighted by molar-refractivity contribution is 5.88. The SMILES string of the molecule is COc1ccc(CCC2CCN(C(=O)C3(c4ccccc4)CCOCC3)CC2)cc1. The first kappa shape index (κ1) is 20.9. The van der Waals surface area contributed by atoms with E-state index < -0.39 is 5.41 Å². The van der Waals surface area contributed by atoms with Crippen LogP contribution < -0.4 is 4.74 Å². The lowest BCUT2D eigenvalue weighted by Gasteiger charge is -2.42. The maximum atomic E-state index is 13.7. The van der Waals surface area contributed by atoms with Crippen LogP contribution >= 0.6 is 0 Å². The van der Waals surface area contributed by atoms with Gasteiger partial charge in [-0.05, 0) is 67.7 Å². The Kier molecular flexibility index (Phi) is 6.73. The standard InChI is InChI=1S/C26H33NO3/c1-29-24-11-9-21(10-12-24)7-8-22-13-17-27(18-14-22)25(28)26(15-19-30-20-16-26)23-5-3-2-4-6-23/h2-6,9-12,22H,7-8,13-20H2,1H3. The Balaban J connectivity index is 1.35. The van der Waals surface area contributed by atoms with Gasteiger partial charge in [-0.15, -0.1) is 0 Å². The summed E-state index contributed by atoms with van der Waals surface area (Å²) in [6, 6.07) is 18.7. The molecule has 2 aliphatic rings. The van der Waals surface area contributed by atoms with Crippen molar-refractivity contribution in [2.24, 2.45) is 5.92 Å². The van der Waals surface area contributed by atoms with Gasteiger partial charge in [0.25, 0.3) is 0 Å². The van der Waals surface area contributed by atoms with Gasteiger partial charge in [0.15, 0.2) is 0 Å². The number of hydrogen-bond acceptors (Lipinski definition) is 3. The Hall–Kier alpha value is -2.33. The molecular weight excluding hydrogens is 374 g/mol. The average molecular weight is 408 g/mol. The summed E-state index contributed by atoms with van der Waals surface area (Å²) in [6.45, 7) is 3.08. The van der Waals surface area contributed by atoms with Gasteiger partial charge in [-0.1, -0.05) is 42.5 Å². The fourth-order valence-electron chi connectivity index (χ4n) is 4.99. The topological polar surface area (TPSA) is 38.8 Å². The lowest BCUT2D eigenvalue weighted by molar-refractivity contribution is -0.142. The van der Waals surface area contributed by atoms with Crippen molar-refractivity contribution < 1.29 is 14.3 Å². The van der Waals surface area contributed by atoms with Crippen molar-refractivity contribution in [3.63, 3.8) is 0 Å². The molecule has 2 aliphatic heterocycles. The molecule has 0 atom stereocenters. The van der Waals surface area contributed by atoms with Gasteiger partial charge in [0, 0.05) is 26.3 Å². The number of methoxy groups -OCH3 is 1. The normalized spacial score (nSPS) is 19.4. The van der Waals surface area contributed by atoms with Crippen molar-refractivity contribution in [1.29, 1.82) is 0 Å². The minimum atomic E-state index is -0.407. The Morgan fingerprint density at radius 2 is 1.70 bits per heavy atom. The molecular formula is C26H33NO3. The van der Waals surface area contributed by atoms with Crippen molar-refractivity contribution in [2.75, 3.05) is 33.4 Å². The fraction of sp³-hybridized carbons (Fsp3) is 0.500. The Bertz CT molecular complexity index is 804. The molecule has 0 bridgehead atoms. The predicted molar refractivity (Wildman–Crippen MR) is 119 cm³/mol. The van der Waals surface area contributed by atoms with Crippen LogP contribution in [0.2, 0.25) is 0 Å². The molecule has 2 heterocycles. The summed E-state index contributed by atoms with van der Waals surface area (Å²) in [5.41, 5.74) is 2.11. The average Bonchev–Trinajstić information content (AvgIpc) is 2.84. The molecule has 0 aliphatic carbocycles. The smallest absolute Gasteiger partial charge is 0.233 e. The molecule has 1 amide bonds. The second kappa shape index (κ2) is 9.65. The number of likely N-dealkylation sites (tertiary alicyclic amines) is 1. The number of carbonyl (C=O) groups is 1. The summed E-state index contributed by atoms with van der Waals surface area (Å²) in [5, 5.41) is 0. The van der Waals surface area contributed by atoms with E-state index >= 15 is 0 Å². The van der Waals surface area contributed by atoms with Gasteiger partial charge in [-0.2, -0.15) is 0 Å². The van der Waals surface area contributed by atoms with Crippen LogP contribution in [0.5, 0.6) is 5.75 Å². The molecule has 2 fully saturated rings. The van der Waals surface area contributed by atoms with E-state index in [2.05, 4.69) is 29.2 Å². The second-order valence-electron chi connectivity index (χ2n) is 8.68. The zero-order valence-corrected chi connectivity index (χ0v) is 18.0. The van der Waals surface area contributed by atoms with Crippen LogP contribution in [0.3, 0.4) is 0 Å². The zero-order chi connectivity index (χ0) is 20.8. The molecule has 4 nitrogen and oxygen atoms in total. The number of ether oxygens (including phenoxy) is 2. The van der Waals surface area contributed by atoms with Crippen LogP contribution in [0, 0.1) is 5.92 Å². The van der Waals surface area contributed by atoms with Crippen LogP contribution in [0.1, 0.15) is 43.2 Å². The van der Waals surface area contributed by atoms with Gasteiger partial charge >= 0.3 is 0 Å². The maximum absolute atomic E-state index is 13.7. The van der Waals surface area contributed by atoms with E-state index in [0.29, 0.717) is 25.0 Å². The number of hydrogen-bond donors (Lipinski definition) is 0. The number of piperidine rings is 1. The van der Waals surface area contributed by atoms with E-state index in [-0.39, 0.29) is 0 Å². The molecule has 2 aromatic carbocycles. The van der Waals surface area contributed by atoms with Crippen LogP contribution in [0.4, 0.5) is 0 Å². The lowest BCUT2D eigenvalue weighted by atomic mass is 9.72. The highest BCUT2D eigenvalue weighted by Crippen LogP contribution is 2.38. The van der Waals surface area contributed by atoms with Crippen molar-refractivity contribution >= 4 is 5.91 Å². The molecule has 160 valence electrons. The van der Waals surface area contributed by atoms with E-state index in [1.807, 2.05) is 30.3 Å². The molecule has 0 aromatic heterocycles. The lowest BCUT2D eigenvalue weighted by Crippen LogP contribution is -2.52. The largest absolute Gasteiger partial charge is 0.497 e. The first-order valence-electron chi connectivity index (χ1n) is 11.3. The highest BCUT2D eigenvalue weighted by atomic mass is 16.5. The number of nitrogens with zero attached hydrogens (tertiary/aromatic N) is 1. The van der Waals surface area contributed by atoms with Crippen molar-refractivity contribution in [3.8, 4) is 5.75 Å². The molecule has 0 radical (unpaired) electrons. The van der Waals surface area contributed by atoms with Crippen LogP contribution in [-0.2, 0) is 21.4 Å². The minimum Gasteiger partial charge on any atom is -0.497 e. The molecule has 0 saturated carbocycles. The van der Waals surface area contributed by atoms with Gasteiger partial charge in [0.2, 0.25) is 5.91 Å². The zero-order valence-electron chi connectivity index (χ0n) is 18.0. The molecule has 2 aromatic rings. The van der Waals surface area contributed by atoms with Crippen molar-refractivity contribution in [2.45, 2.75) is 43.9 Å². The molecule has 0 spiro atoms. The first-order valence-corrected chi connectivity index (χ1v) is 11.3. The summed E-state index contributed by atoms with van der Waals surface area (Å²) >= 11 is 0. The molecule has 2 saturated heterocycles. The number of carbonyl (C=O) groups excluding carboxylic acids is 1. The molecule has 30 heavy (non-hydrogen) atoms. The van der Waals surface area contributed by atoms with Gasteiger partial charge in [0.1, 0.15) is 5.75 Å². The number of aryl methyl sites for hydroxylation is 1. The second-order valence-corrected chi connectivity index (χ2v) is 8.68. The monoisotopic (exact) mass is 407 g/mol. The fourth-order valence-corrected chi connectivity index (χ4v) is 4.99. The Morgan fingerprint density at radius 3 is 2.33 bits per heavy atom. The van der Waals surface area contributed by atoms with E-state index in [0.717, 1.165) is 56.5 Å². The van der Waals surface area contributed by atoms with E-state index in [9.17, 15) is 4.79 Å². The Morgan fingerprint density at radius 1 is 1.03 bits per heavy atom. The molecule has 0 unspecified atom stereocenters. The van der Waals surface area contributed by atoms with Crippen molar-refractivity contribution in [3.05, 3.63) is 65.7 Å². The number of amides is 1.